The molecule has 0 aliphatic heterocycles. The highest BCUT2D eigenvalue weighted by Gasteiger charge is 2.15. The van der Waals surface area contributed by atoms with Crippen LogP contribution in [0.4, 0.5) is 0 Å². The highest BCUT2D eigenvalue weighted by Crippen LogP contribution is 2.14. The van der Waals surface area contributed by atoms with Gasteiger partial charge in [-0.15, -0.1) is 11.3 Å². The quantitative estimate of drug-likeness (QED) is 0.427. The minimum Gasteiger partial charge on any atom is -0.351 e. The molecule has 0 saturated carbocycles. The van der Waals surface area contributed by atoms with Crippen LogP contribution in [0.15, 0.2) is 77.8 Å². The summed E-state index contributed by atoms with van der Waals surface area (Å²) in [6.45, 7) is 2.41. The third-order valence-electron chi connectivity index (χ3n) is 4.48. The largest absolute Gasteiger partial charge is 0.351 e. The fourth-order valence-electron chi connectivity index (χ4n) is 2.93. The highest BCUT2D eigenvalue weighted by atomic mass is 32.1. The van der Waals surface area contributed by atoms with Crippen molar-refractivity contribution in [2.75, 3.05) is 6.54 Å². The maximum absolute atomic E-state index is 12.7. The average molecular weight is 405 g/mol. The van der Waals surface area contributed by atoms with E-state index >= 15 is 0 Å². The van der Waals surface area contributed by atoms with Gasteiger partial charge in [0.2, 0.25) is 0 Å². The van der Waals surface area contributed by atoms with Gasteiger partial charge in [-0.3, -0.25) is 9.59 Å². The van der Waals surface area contributed by atoms with Gasteiger partial charge in [0.25, 0.3) is 11.8 Å². The summed E-state index contributed by atoms with van der Waals surface area (Å²) >= 11 is 1.51. The van der Waals surface area contributed by atoms with E-state index in [4.69, 9.17) is 0 Å². The van der Waals surface area contributed by atoms with Crippen molar-refractivity contribution in [3.63, 3.8) is 0 Å². The van der Waals surface area contributed by atoms with Gasteiger partial charge in [-0.2, -0.15) is 0 Å². The monoisotopic (exact) mass is 404 g/mol. The predicted octanol–water partition coefficient (Wildman–Crippen LogP) is 4.58. The molecule has 1 heterocycles. The highest BCUT2D eigenvalue weighted by molar-refractivity contribution is 7.10. The molecule has 2 amide bonds. The van der Waals surface area contributed by atoms with Crippen LogP contribution >= 0.6 is 11.3 Å². The summed E-state index contributed by atoms with van der Waals surface area (Å²) in [5.41, 5.74) is 2.91. The lowest BCUT2D eigenvalue weighted by atomic mass is 10.1. The summed E-state index contributed by atoms with van der Waals surface area (Å²) < 4.78 is 0. The van der Waals surface area contributed by atoms with Crippen LogP contribution < -0.4 is 10.6 Å². The summed E-state index contributed by atoms with van der Waals surface area (Å²) in [6, 6.07) is 21.3. The minimum absolute atomic E-state index is 0.250. The summed E-state index contributed by atoms with van der Waals surface area (Å²) in [6.07, 6.45) is 3.43. The second kappa shape index (κ2) is 10.4. The number of thiophene rings is 1. The van der Waals surface area contributed by atoms with Gasteiger partial charge in [-0.1, -0.05) is 54.6 Å². The number of hydrogen-bond donors (Lipinski definition) is 2. The smallest absolute Gasteiger partial charge is 0.267 e. The number of benzene rings is 2. The first-order valence-electron chi connectivity index (χ1n) is 9.58. The molecule has 148 valence electrons. The van der Waals surface area contributed by atoms with Crippen LogP contribution in [0.1, 0.15) is 32.8 Å². The molecule has 3 rings (SSSR count). The Labute approximate surface area is 175 Å². The molecule has 0 spiro atoms. The predicted molar refractivity (Wildman–Crippen MR) is 119 cm³/mol. The molecular formula is C24H24N2O2S. The van der Waals surface area contributed by atoms with Crippen LogP contribution in [0.5, 0.6) is 0 Å². The van der Waals surface area contributed by atoms with Crippen LogP contribution in [-0.4, -0.2) is 18.4 Å². The van der Waals surface area contributed by atoms with Gasteiger partial charge in [0.05, 0.1) is 0 Å². The van der Waals surface area contributed by atoms with E-state index in [1.54, 1.807) is 12.1 Å². The molecule has 0 saturated heterocycles. The van der Waals surface area contributed by atoms with Gasteiger partial charge >= 0.3 is 0 Å². The number of hydrogen-bond acceptors (Lipinski definition) is 3. The molecule has 0 unspecified atom stereocenters. The minimum atomic E-state index is -0.287. The Balaban J connectivity index is 1.64. The first kappa shape index (κ1) is 20.6. The second-order valence-electron chi connectivity index (χ2n) is 6.69. The van der Waals surface area contributed by atoms with Crippen molar-refractivity contribution in [1.29, 1.82) is 0 Å². The number of carbonyl (C=O) groups excluding carboxylic acids is 2. The fraction of sp³-hybridized carbons (Fsp3) is 0.167. The maximum Gasteiger partial charge on any atom is 0.267 e. The molecule has 0 aliphatic carbocycles. The Bertz CT molecular complexity index is 979. The van der Waals surface area contributed by atoms with E-state index in [0.29, 0.717) is 12.1 Å². The van der Waals surface area contributed by atoms with Gasteiger partial charge < -0.3 is 10.6 Å². The normalized spacial score (nSPS) is 11.1. The SMILES string of the molecule is Cc1ccccc1C(=O)N/C(=C\c1cccs1)C(=O)NCCCc1ccccc1. The van der Waals surface area contributed by atoms with Crippen molar-refractivity contribution in [3.05, 3.63) is 99.4 Å². The van der Waals surface area contributed by atoms with Crippen molar-refractivity contribution in [1.82, 2.24) is 10.6 Å². The standard InChI is InChI=1S/C24H24N2O2S/c1-18-9-5-6-14-21(18)23(27)26-22(17-20-13-8-16-29-20)24(28)25-15-7-12-19-10-3-2-4-11-19/h2-6,8-11,13-14,16-17H,7,12,15H2,1H3,(H,25,28)(H,26,27)/b22-17-. The van der Waals surface area contributed by atoms with E-state index in [1.165, 1.54) is 16.9 Å². The first-order chi connectivity index (χ1) is 14.1. The van der Waals surface area contributed by atoms with Crippen LogP contribution in [0.25, 0.3) is 6.08 Å². The first-order valence-corrected chi connectivity index (χ1v) is 10.5. The van der Waals surface area contributed by atoms with Crippen LogP contribution in [0, 0.1) is 6.92 Å². The zero-order valence-corrected chi connectivity index (χ0v) is 17.2. The summed E-state index contributed by atoms with van der Waals surface area (Å²) in [5, 5.41) is 7.64. The lowest BCUT2D eigenvalue weighted by Crippen LogP contribution is -2.35. The molecular weight excluding hydrogens is 380 g/mol. The van der Waals surface area contributed by atoms with E-state index in [9.17, 15) is 9.59 Å². The van der Waals surface area contributed by atoms with Crippen molar-refractivity contribution >= 4 is 29.2 Å². The Morgan fingerprint density at radius 3 is 2.45 bits per heavy atom. The van der Waals surface area contributed by atoms with Gasteiger partial charge in [0.15, 0.2) is 0 Å². The van der Waals surface area contributed by atoms with Crippen LogP contribution in [0.2, 0.25) is 0 Å². The van der Waals surface area contributed by atoms with Gasteiger partial charge in [-0.25, -0.2) is 0 Å². The molecule has 1 aromatic heterocycles. The van der Waals surface area contributed by atoms with Crippen molar-refractivity contribution in [2.24, 2.45) is 0 Å². The van der Waals surface area contributed by atoms with Gasteiger partial charge in [-0.05, 0) is 54.5 Å². The lowest BCUT2D eigenvalue weighted by Gasteiger charge is -2.12. The molecule has 0 radical (unpaired) electrons. The zero-order chi connectivity index (χ0) is 20.5. The zero-order valence-electron chi connectivity index (χ0n) is 16.4. The number of nitrogens with one attached hydrogen (secondary N) is 2. The number of amides is 2. The van der Waals surface area contributed by atoms with Crippen molar-refractivity contribution in [2.45, 2.75) is 19.8 Å². The molecule has 5 heteroatoms. The Morgan fingerprint density at radius 1 is 0.966 bits per heavy atom. The summed E-state index contributed by atoms with van der Waals surface area (Å²) in [4.78, 5) is 26.3. The van der Waals surface area contributed by atoms with E-state index in [0.717, 1.165) is 23.3 Å². The number of aryl methyl sites for hydroxylation is 2. The third kappa shape index (κ3) is 6.16. The molecule has 4 nitrogen and oxygen atoms in total. The van der Waals surface area contributed by atoms with Crippen molar-refractivity contribution in [3.8, 4) is 0 Å². The fourth-order valence-corrected chi connectivity index (χ4v) is 3.58. The molecule has 0 bridgehead atoms. The lowest BCUT2D eigenvalue weighted by molar-refractivity contribution is -0.117. The molecule has 29 heavy (non-hydrogen) atoms. The number of carbonyl (C=O) groups is 2. The molecule has 2 N–H and O–H groups in total. The second-order valence-corrected chi connectivity index (χ2v) is 7.67. The van der Waals surface area contributed by atoms with E-state index in [-0.39, 0.29) is 17.5 Å². The third-order valence-corrected chi connectivity index (χ3v) is 5.30. The van der Waals surface area contributed by atoms with E-state index in [2.05, 4.69) is 22.8 Å². The number of rotatable bonds is 8. The van der Waals surface area contributed by atoms with Crippen LogP contribution in [-0.2, 0) is 11.2 Å². The Morgan fingerprint density at radius 2 is 1.72 bits per heavy atom. The maximum atomic E-state index is 12.7. The Kier molecular flexibility index (Phi) is 7.36. The molecule has 2 aromatic carbocycles. The molecule has 3 aromatic rings. The van der Waals surface area contributed by atoms with Gasteiger partial charge in [0.1, 0.15) is 5.70 Å². The van der Waals surface area contributed by atoms with Crippen LogP contribution in [0.3, 0.4) is 0 Å². The van der Waals surface area contributed by atoms with E-state index < -0.39 is 0 Å². The molecule has 0 fully saturated rings. The molecule has 0 aliphatic rings. The topological polar surface area (TPSA) is 58.2 Å². The molecule has 0 atom stereocenters. The van der Waals surface area contributed by atoms with E-state index in [1.807, 2.05) is 60.8 Å². The van der Waals surface area contributed by atoms with Gasteiger partial charge in [0, 0.05) is 17.0 Å². The summed E-state index contributed by atoms with van der Waals surface area (Å²) in [5.74, 6) is -0.571. The average Bonchev–Trinajstić information content (AvgIpc) is 3.25. The summed E-state index contributed by atoms with van der Waals surface area (Å²) in [7, 11) is 0. The van der Waals surface area contributed by atoms with Crippen molar-refractivity contribution < 1.29 is 9.59 Å². The Hall–Kier alpha value is -3.18.